The molecule has 5 heterocycles. The van der Waals surface area contributed by atoms with Gasteiger partial charge in [-0.15, -0.1) is 0 Å². The number of furan rings is 1. The minimum Gasteiger partial charge on any atom is -0.472 e. The molecule has 1 aromatic rings. The summed E-state index contributed by atoms with van der Waals surface area (Å²) in [5.41, 5.74) is 0.428. The van der Waals surface area contributed by atoms with Crippen LogP contribution in [0.5, 0.6) is 0 Å². The highest BCUT2D eigenvalue weighted by molar-refractivity contribution is 6.05. The Morgan fingerprint density at radius 1 is 1.43 bits per heavy atom. The first-order valence-electron chi connectivity index (χ1n) is 8.20. The van der Waals surface area contributed by atoms with Crippen molar-refractivity contribution >= 4 is 11.8 Å². The highest BCUT2D eigenvalue weighted by atomic mass is 16.3. The minimum atomic E-state index is -0.862. The third kappa shape index (κ3) is 1.57. The zero-order valence-corrected chi connectivity index (χ0v) is 13.7. The molecule has 0 unspecified atom stereocenters. The molecule has 3 atom stereocenters. The van der Waals surface area contributed by atoms with Crippen molar-refractivity contribution < 1.29 is 14.0 Å². The van der Waals surface area contributed by atoms with Gasteiger partial charge in [-0.25, -0.2) is 0 Å². The van der Waals surface area contributed by atoms with Gasteiger partial charge in [0.1, 0.15) is 11.1 Å². The highest BCUT2D eigenvalue weighted by Crippen LogP contribution is 2.55. The topological polar surface area (TPSA) is 53.8 Å². The second-order valence-electron chi connectivity index (χ2n) is 7.29. The summed E-state index contributed by atoms with van der Waals surface area (Å²) in [4.78, 5) is 30.1. The number of hydrogen-bond acceptors (Lipinski definition) is 3. The molecule has 4 aliphatic heterocycles. The SMILES string of the molecule is C=C(C)[C@H]1C[C@@]23CCCN2C(=O)[C@@]1(Cc1ccoc1)N(C)C3=O. The molecule has 4 aliphatic rings. The summed E-state index contributed by atoms with van der Waals surface area (Å²) < 4.78 is 5.19. The summed E-state index contributed by atoms with van der Waals surface area (Å²) in [5.74, 6) is 0.162. The predicted molar refractivity (Wildman–Crippen MR) is 84.5 cm³/mol. The number of fused-ring (bicyclic) bond motifs is 2. The molecule has 0 aliphatic carbocycles. The molecule has 23 heavy (non-hydrogen) atoms. The molecule has 0 saturated carbocycles. The second-order valence-corrected chi connectivity index (χ2v) is 7.29. The van der Waals surface area contributed by atoms with Gasteiger partial charge in [-0.05, 0) is 37.8 Å². The van der Waals surface area contributed by atoms with Gasteiger partial charge in [-0.3, -0.25) is 9.59 Å². The number of hydrogen-bond donors (Lipinski definition) is 0. The van der Waals surface area contributed by atoms with E-state index >= 15 is 0 Å². The van der Waals surface area contributed by atoms with Gasteiger partial charge in [0.05, 0.1) is 12.5 Å². The zero-order chi connectivity index (χ0) is 16.4. The molecule has 2 amide bonds. The monoisotopic (exact) mass is 314 g/mol. The third-order valence-corrected chi connectivity index (χ3v) is 6.17. The van der Waals surface area contributed by atoms with Crippen molar-refractivity contribution in [2.24, 2.45) is 5.92 Å². The summed E-state index contributed by atoms with van der Waals surface area (Å²) in [6.45, 7) is 6.81. The molecule has 1 spiro atoms. The molecule has 0 aromatic carbocycles. The number of rotatable bonds is 3. The van der Waals surface area contributed by atoms with Crippen LogP contribution in [-0.4, -0.2) is 46.3 Å². The molecule has 4 saturated heterocycles. The number of likely N-dealkylation sites (N-methyl/N-ethyl adjacent to an activating group) is 1. The summed E-state index contributed by atoms with van der Waals surface area (Å²) >= 11 is 0. The summed E-state index contributed by atoms with van der Waals surface area (Å²) in [6.07, 6.45) is 6.13. The lowest BCUT2D eigenvalue weighted by Gasteiger charge is -2.63. The average Bonchev–Trinajstić information content (AvgIpc) is 3.16. The van der Waals surface area contributed by atoms with E-state index in [1.54, 1.807) is 24.5 Å². The van der Waals surface area contributed by atoms with Crippen molar-refractivity contribution in [1.29, 1.82) is 0 Å². The smallest absolute Gasteiger partial charge is 0.250 e. The van der Waals surface area contributed by atoms with Gasteiger partial charge in [-0.1, -0.05) is 12.2 Å². The maximum Gasteiger partial charge on any atom is 0.250 e. The molecular weight excluding hydrogens is 292 g/mol. The Bertz CT molecular complexity index is 695. The van der Waals surface area contributed by atoms with Crippen LogP contribution in [0.15, 0.2) is 35.2 Å². The first-order chi connectivity index (χ1) is 10.9. The normalized spacial score (nSPS) is 35.8. The quantitative estimate of drug-likeness (QED) is 0.802. The Kier molecular flexibility index (Phi) is 2.84. The summed E-state index contributed by atoms with van der Waals surface area (Å²) in [7, 11) is 1.78. The van der Waals surface area contributed by atoms with Gasteiger partial charge in [-0.2, -0.15) is 0 Å². The van der Waals surface area contributed by atoms with Crippen LogP contribution in [0, 0.1) is 5.92 Å². The zero-order valence-electron chi connectivity index (χ0n) is 13.7. The average molecular weight is 314 g/mol. The van der Waals surface area contributed by atoms with Crippen LogP contribution in [0.4, 0.5) is 0 Å². The van der Waals surface area contributed by atoms with Crippen LogP contribution in [0.25, 0.3) is 0 Å². The molecule has 4 fully saturated rings. The van der Waals surface area contributed by atoms with Crippen LogP contribution in [0.2, 0.25) is 0 Å². The van der Waals surface area contributed by atoms with E-state index in [9.17, 15) is 9.59 Å². The Hall–Kier alpha value is -2.04. The van der Waals surface area contributed by atoms with E-state index in [0.29, 0.717) is 19.4 Å². The Morgan fingerprint density at radius 3 is 2.87 bits per heavy atom. The highest BCUT2D eigenvalue weighted by Gasteiger charge is 2.71. The van der Waals surface area contributed by atoms with E-state index < -0.39 is 11.1 Å². The van der Waals surface area contributed by atoms with Gasteiger partial charge in [0.2, 0.25) is 11.8 Å². The molecule has 2 bridgehead atoms. The lowest BCUT2D eigenvalue weighted by atomic mass is 9.60. The fourth-order valence-electron chi connectivity index (χ4n) is 5.06. The molecule has 5 heteroatoms. The Balaban J connectivity index is 1.89. The van der Waals surface area contributed by atoms with Crippen molar-refractivity contribution in [1.82, 2.24) is 9.80 Å². The molecule has 5 rings (SSSR count). The van der Waals surface area contributed by atoms with Crippen molar-refractivity contribution in [3.05, 3.63) is 36.3 Å². The lowest BCUT2D eigenvalue weighted by molar-refractivity contribution is -0.192. The molecular formula is C18H22N2O3. The van der Waals surface area contributed by atoms with Crippen LogP contribution in [0.3, 0.4) is 0 Å². The van der Waals surface area contributed by atoms with E-state index in [1.165, 1.54) is 0 Å². The van der Waals surface area contributed by atoms with Crippen LogP contribution < -0.4 is 0 Å². The summed E-state index contributed by atoms with van der Waals surface area (Å²) in [6, 6.07) is 1.87. The van der Waals surface area contributed by atoms with Gasteiger partial charge in [0.25, 0.3) is 0 Å². The van der Waals surface area contributed by atoms with E-state index in [0.717, 1.165) is 24.0 Å². The number of piperidine rings is 2. The van der Waals surface area contributed by atoms with Crippen molar-refractivity contribution in [2.75, 3.05) is 13.6 Å². The number of piperazine rings is 1. The predicted octanol–water partition coefficient (Wildman–Crippen LogP) is 1.99. The van der Waals surface area contributed by atoms with Crippen molar-refractivity contribution in [3.8, 4) is 0 Å². The number of carbonyl (C=O) groups excluding carboxylic acids is 2. The molecule has 5 nitrogen and oxygen atoms in total. The maximum absolute atomic E-state index is 13.4. The van der Waals surface area contributed by atoms with Crippen molar-refractivity contribution in [2.45, 2.75) is 43.7 Å². The third-order valence-electron chi connectivity index (χ3n) is 6.17. The van der Waals surface area contributed by atoms with Gasteiger partial charge in [0.15, 0.2) is 0 Å². The molecule has 122 valence electrons. The lowest BCUT2D eigenvalue weighted by Crippen LogP contribution is -2.82. The second kappa shape index (κ2) is 4.49. The van der Waals surface area contributed by atoms with Crippen LogP contribution >= 0.6 is 0 Å². The molecule has 1 aromatic heterocycles. The van der Waals surface area contributed by atoms with Crippen LogP contribution in [-0.2, 0) is 16.0 Å². The van der Waals surface area contributed by atoms with E-state index in [-0.39, 0.29) is 17.7 Å². The largest absolute Gasteiger partial charge is 0.472 e. The van der Waals surface area contributed by atoms with Gasteiger partial charge < -0.3 is 14.2 Å². The maximum atomic E-state index is 13.4. The Labute approximate surface area is 135 Å². The number of carbonyl (C=O) groups is 2. The van der Waals surface area contributed by atoms with Crippen LogP contribution in [0.1, 0.15) is 31.7 Å². The standard InChI is InChI=1S/C18H22N2O3/c1-12(2)14-10-17-6-4-7-20(17)16(22)18(14,19(3)15(17)21)9-13-5-8-23-11-13/h5,8,11,14H,1,4,6-7,9-10H2,2-3H3/t14-,17-,18+/m1/s1. The fourth-order valence-corrected chi connectivity index (χ4v) is 5.06. The number of nitrogens with zero attached hydrogens (tertiary/aromatic N) is 2. The Morgan fingerprint density at radius 2 is 2.22 bits per heavy atom. The summed E-state index contributed by atoms with van der Waals surface area (Å²) in [5, 5.41) is 0. The minimum absolute atomic E-state index is 0.0121. The van der Waals surface area contributed by atoms with Crippen molar-refractivity contribution in [3.63, 3.8) is 0 Å². The fraction of sp³-hybridized carbons (Fsp3) is 0.556. The first-order valence-corrected chi connectivity index (χ1v) is 8.20. The number of amides is 2. The van der Waals surface area contributed by atoms with Gasteiger partial charge >= 0.3 is 0 Å². The molecule has 0 N–H and O–H groups in total. The first kappa shape index (κ1) is 14.5. The molecule has 0 radical (unpaired) electrons. The van der Waals surface area contributed by atoms with E-state index in [2.05, 4.69) is 6.58 Å². The van der Waals surface area contributed by atoms with E-state index in [1.807, 2.05) is 17.9 Å². The van der Waals surface area contributed by atoms with Gasteiger partial charge in [0, 0.05) is 25.9 Å². The van der Waals surface area contributed by atoms with E-state index in [4.69, 9.17) is 4.42 Å².